The zero-order valence-electron chi connectivity index (χ0n) is 19.0. The maximum Gasteiger partial charge on any atom is 0.269 e. The van der Waals surface area contributed by atoms with E-state index in [9.17, 15) is 9.90 Å². The fourth-order valence-electron chi connectivity index (χ4n) is 4.94. The second-order valence-corrected chi connectivity index (χ2v) is 8.71. The molecule has 9 nitrogen and oxygen atoms in total. The normalized spacial score (nSPS) is 24.5. The van der Waals surface area contributed by atoms with Gasteiger partial charge in [0.25, 0.3) is 5.91 Å². The smallest absolute Gasteiger partial charge is 0.269 e. The SMILES string of the molecule is CCC1=Cc2ncc(CN3CCN(c4ccc(C(=O)NC)nc4)C4COCC43)cc2NC1O. The van der Waals surface area contributed by atoms with E-state index in [1.54, 1.807) is 19.3 Å². The molecule has 33 heavy (non-hydrogen) atoms. The van der Waals surface area contributed by atoms with Crippen molar-refractivity contribution < 1.29 is 14.6 Å². The highest BCUT2D eigenvalue weighted by atomic mass is 16.5. The first-order valence-corrected chi connectivity index (χ1v) is 11.5. The van der Waals surface area contributed by atoms with Gasteiger partial charge in [-0.15, -0.1) is 0 Å². The molecule has 2 aromatic rings. The Bertz CT molecular complexity index is 1060. The van der Waals surface area contributed by atoms with Crippen LogP contribution in [0.15, 0.2) is 36.2 Å². The van der Waals surface area contributed by atoms with Crippen molar-refractivity contribution in [3.63, 3.8) is 0 Å². The first-order chi connectivity index (χ1) is 16.1. The van der Waals surface area contributed by atoms with Gasteiger partial charge in [-0.25, -0.2) is 4.98 Å². The molecule has 0 aromatic carbocycles. The van der Waals surface area contributed by atoms with E-state index in [1.807, 2.05) is 25.3 Å². The maximum atomic E-state index is 11.8. The molecule has 1 amide bonds. The maximum absolute atomic E-state index is 11.8. The number of aliphatic hydroxyl groups is 1. The van der Waals surface area contributed by atoms with Crippen molar-refractivity contribution >= 4 is 23.4 Å². The van der Waals surface area contributed by atoms with Gasteiger partial charge in [-0.05, 0) is 41.8 Å². The molecule has 3 aliphatic rings. The number of ether oxygens (including phenoxy) is 1. The number of nitrogens with one attached hydrogen (secondary N) is 2. The minimum absolute atomic E-state index is 0.185. The van der Waals surface area contributed by atoms with Crippen LogP contribution < -0.4 is 15.5 Å². The lowest BCUT2D eigenvalue weighted by Gasteiger charge is -2.44. The van der Waals surface area contributed by atoms with Crippen molar-refractivity contribution in [2.45, 2.75) is 38.2 Å². The van der Waals surface area contributed by atoms with Crippen molar-refractivity contribution in [2.75, 3.05) is 43.6 Å². The van der Waals surface area contributed by atoms with Gasteiger partial charge in [-0.2, -0.15) is 0 Å². The highest BCUT2D eigenvalue weighted by molar-refractivity contribution is 5.92. The van der Waals surface area contributed by atoms with Crippen molar-refractivity contribution in [3.8, 4) is 0 Å². The molecule has 2 fully saturated rings. The molecule has 3 unspecified atom stereocenters. The molecule has 3 atom stereocenters. The third-order valence-corrected chi connectivity index (χ3v) is 6.79. The van der Waals surface area contributed by atoms with Gasteiger partial charge < -0.3 is 25.4 Å². The molecule has 0 radical (unpaired) electrons. The van der Waals surface area contributed by atoms with E-state index in [1.165, 1.54) is 0 Å². The standard InChI is InChI=1S/C24H30N6O3/c1-3-16-9-19-20(28-23(16)31)8-15(10-26-19)12-29-6-7-30(22-14-33-13-21(22)29)17-4-5-18(27-11-17)24(32)25-2/h4-5,8-11,21-23,28,31H,3,6-7,12-14H2,1-2H3,(H,25,32). The molecular weight excluding hydrogens is 420 g/mol. The monoisotopic (exact) mass is 450 g/mol. The number of hydrogen-bond donors (Lipinski definition) is 3. The minimum Gasteiger partial charge on any atom is -0.378 e. The number of rotatable bonds is 5. The van der Waals surface area contributed by atoms with E-state index >= 15 is 0 Å². The van der Waals surface area contributed by atoms with Crippen molar-refractivity contribution in [1.29, 1.82) is 0 Å². The average molecular weight is 451 g/mol. The van der Waals surface area contributed by atoms with Crippen LogP contribution in [0.3, 0.4) is 0 Å². The van der Waals surface area contributed by atoms with E-state index in [4.69, 9.17) is 4.74 Å². The predicted octanol–water partition coefficient (Wildman–Crippen LogP) is 1.46. The van der Waals surface area contributed by atoms with Crippen molar-refractivity contribution in [3.05, 3.63) is 53.1 Å². The number of fused-ring (bicyclic) bond motifs is 2. The summed E-state index contributed by atoms with van der Waals surface area (Å²) in [6, 6.07) is 6.31. The number of pyridine rings is 2. The van der Waals surface area contributed by atoms with Gasteiger partial charge in [0.2, 0.25) is 0 Å². The average Bonchev–Trinajstić information content (AvgIpc) is 3.34. The molecule has 0 spiro atoms. The molecule has 2 aromatic heterocycles. The fraction of sp³-hybridized carbons (Fsp3) is 0.458. The summed E-state index contributed by atoms with van der Waals surface area (Å²) in [6.45, 7) is 5.89. The van der Waals surface area contributed by atoms with Crippen LogP contribution in [0.2, 0.25) is 0 Å². The number of hydrogen-bond acceptors (Lipinski definition) is 8. The Morgan fingerprint density at radius 2 is 2.09 bits per heavy atom. The molecule has 5 rings (SSSR count). The molecule has 174 valence electrons. The van der Waals surface area contributed by atoms with E-state index in [2.05, 4.69) is 36.5 Å². The summed E-state index contributed by atoms with van der Waals surface area (Å²) < 4.78 is 5.88. The number of nitrogens with zero attached hydrogens (tertiary/aromatic N) is 4. The summed E-state index contributed by atoms with van der Waals surface area (Å²) in [5, 5.41) is 16.1. The molecule has 0 saturated carbocycles. The van der Waals surface area contributed by atoms with Crippen LogP contribution in [0.25, 0.3) is 6.08 Å². The van der Waals surface area contributed by atoms with Crippen LogP contribution in [-0.2, 0) is 11.3 Å². The summed E-state index contributed by atoms with van der Waals surface area (Å²) in [4.78, 5) is 25.6. The zero-order valence-corrected chi connectivity index (χ0v) is 19.0. The second-order valence-electron chi connectivity index (χ2n) is 8.71. The van der Waals surface area contributed by atoms with E-state index in [0.29, 0.717) is 18.9 Å². The van der Waals surface area contributed by atoms with Crippen LogP contribution in [0.5, 0.6) is 0 Å². The summed E-state index contributed by atoms with van der Waals surface area (Å²) >= 11 is 0. The van der Waals surface area contributed by atoms with Crippen LogP contribution in [0.1, 0.15) is 35.1 Å². The predicted molar refractivity (Wildman–Crippen MR) is 126 cm³/mol. The lowest BCUT2D eigenvalue weighted by molar-refractivity contribution is 0.0958. The van der Waals surface area contributed by atoms with Crippen molar-refractivity contribution in [1.82, 2.24) is 20.2 Å². The van der Waals surface area contributed by atoms with E-state index < -0.39 is 6.23 Å². The minimum atomic E-state index is -0.654. The van der Waals surface area contributed by atoms with E-state index in [-0.39, 0.29) is 18.0 Å². The fourth-order valence-corrected chi connectivity index (χ4v) is 4.94. The van der Waals surface area contributed by atoms with Gasteiger partial charge in [-0.1, -0.05) is 6.92 Å². The lowest BCUT2D eigenvalue weighted by atomic mass is 10.0. The Balaban J connectivity index is 1.30. The van der Waals surface area contributed by atoms with Gasteiger partial charge in [0.1, 0.15) is 11.9 Å². The number of aliphatic hydroxyl groups excluding tert-OH is 1. The van der Waals surface area contributed by atoms with Gasteiger partial charge in [0, 0.05) is 32.9 Å². The Labute approximate surface area is 193 Å². The Hall–Kier alpha value is -3.01. The van der Waals surface area contributed by atoms with Crippen molar-refractivity contribution in [2.24, 2.45) is 0 Å². The zero-order chi connectivity index (χ0) is 22.9. The topological polar surface area (TPSA) is 103 Å². The summed E-state index contributed by atoms with van der Waals surface area (Å²) in [6.07, 6.45) is 5.82. The second kappa shape index (κ2) is 9.09. The third kappa shape index (κ3) is 4.19. The van der Waals surface area contributed by atoms with Gasteiger partial charge >= 0.3 is 0 Å². The van der Waals surface area contributed by atoms with Crippen LogP contribution in [0.4, 0.5) is 11.4 Å². The third-order valence-electron chi connectivity index (χ3n) is 6.79. The first kappa shape index (κ1) is 21.8. The van der Waals surface area contributed by atoms with Crippen LogP contribution in [0, 0.1) is 0 Å². The quantitative estimate of drug-likeness (QED) is 0.629. The molecule has 9 heteroatoms. The van der Waals surface area contributed by atoms with Crippen LogP contribution >= 0.6 is 0 Å². The van der Waals surface area contributed by atoms with E-state index in [0.717, 1.165) is 54.3 Å². The largest absolute Gasteiger partial charge is 0.378 e. The molecule has 2 saturated heterocycles. The summed E-state index contributed by atoms with van der Waals surface area (Å²) in [7, 11) is 1.60. The summed E-state index contributed by atoms with van der Waals surface area (Å²) in [5.41, 5.74) is 5.23. The molecular formula is C24H30N6O3. The van der Waals surface area contributed by atoms with Gasteiger partial charge in [0.15, 0.2) is 0 Å². The molecule has 0 bridgehead atoms. The Morgan fingerprint density at radius 1 is 1.24 bits per heavy atom. The highest BCUT2D eigenvalue weighted by Gasteiger charge is 2.41. The number of carbonyl (C=O) groups excluding carboxylic acids is 1. The first-order valence-electron chi connectivity index (χ1n) is 11.5. The van der Waals surface area contributed by atoms with Gasteiger partial charge in [-0.3, -0.25) is 14.7 Å². The van der Waals surface area contributed by atoms with Crippen LogP contribution in [-0.4, -0.2) is 77.5 Å². The number of aromatic nitrogens is 2. The summed E-state index contributed by atoms with van der Waals surface area (Å²) in [5.74, 6) is -0.185. The molecule has 3 N–H and O–H groups in total. The number of amides is 1. The lowest BCUT2D eigenvalue weighted by Crippen LogP contribution is -2.59. The molecule has 3 aliphatic heterocycles. The Kier molecular flexibility index (Phi) is 6.01. The highest BCUT2D eigenvalue weighted by Crippen LogP contribution is 2.31. The Morgan fingerprint density at radius 3 is 2.85 bits per heavy atom. The number of carbonyl (C=O) groups is 1. The number of piperazine rings is 1. The molecule has 0 aliphatic carbocycles. The molecule has 5 heterocycles. The number of anilines is 2. The van der Waals surface area contributed by atoms with Gasteiger partial charge in [0.05, 0.1) is 48.6 Å².